The number of benzene rings is 1. The van der Waals surface area contributed by atoms with Crippen LogP contribution in [-0.2, 0) is 6.54 Å². The molecule has 2 amide bonds. The highest BCUT2D eigenvalue weighted by atomic mass is 32.1. The molecule has 0 saturated heterocycles. The molecule has 0 radical (unpaired) electrons. The third-order valence-electron chi connectivity index (χ3n) is 3.39. The van der Waals surface area contributed by atoms with Crippen LogP contribution >= 0.6 is 11.3 Å². The number of aromatic nitrogens is 2. The smallest absolute Gasteiger partial charge is 0.319 e. The predicted molar refractivity (Wildman–Crippen MR) is 95.6 cm³/mol. The second-order valence-corrected chi connectivity index (χ2v) is 6.00. The minimum Gasteiger partial charge on any atom is -0.497 e. The molecule has 0 aliphatic rings. The molecule has 7 heteroatoms. The molecule has 24 heavy (non-hydrogen) atoms. The number of urea groups is 1. The Balaban J connectivity index is 1.45. The zero-order valence-corrected chi connectivity index (χ0v) is 14.0. The van der Waals surface area contributed by atoms with E-state index in [9.17, 15) is 4.79 Å². The number of carbonyl (C=O) groups is 1. The predicted octanol–water partition coefficient (Wildman–Crippen LogP) is 3.44. The number of methoxy groups -OCH3 is 1. The van der Waals surface area contributed by atoms with Gasteiger partial charge in [-0.25, -0.2) is 4.79 Å². The van der Waals surface area contributed by atoms with Gasteiger partial charge in [-0.1, -0.05) is 6.07 Å². The average molecular weight is 342 g/mol. The summed E-state index contributed by atoms with van der Waals surface area (Å²) in [6.45, 7) is 1.11. The van der Waals surface area contributed by atoms with Gasteiger partial charge < -0.3 is 15.4 Å². The van der Waals surface area contributed by atoms with Crippen LogP contribution in [0.25, 0.3) is 10.6 Å². The SMILES string of the molecule is COc1ccc(NC(=O)NCCn2ccc(-c3cccs3)n2)cc1. The van der Waals surface area contributed by atoms with E-state index in [2.05, 4.69) is 15.7 Å². The van der Waals surface area contributed by atoms with Crippen LogP contribution < -0.4 is 15.4 Å². The van der Waals surface area contributed by atoms with E-state index in [1.54, 1.807) is 42.7 Å². The number of rotatable bonds is 6. The molecule has 124 valence electrons. The van der Waals surface area contributed by atoms with Gasteiger partial charge in [0.15, 0.2) is 0 Å². The summed E-state index contributed by atoms with van der Waals surface area (Å²) in [7, 11) is 1.61. The van der Waals surface area contributed by atoms with Gasteiger partial charge in [0, 0.05) is 18.4 Å². The lowest BCUT2D eigenvalue weighted by molar-refractivity contribution is 0.251. The Morgan fingerprint density at radius 1 is 1.25 bits per heavy atom. The number of carbonyl (C=O) groups excluding carboxylic acids is 1. The second kappa shape index (κ2) is 7.65. The van der Waals surface area contributed by atoms with Crippen LogP contribution in [0.1, 0.15) is 0 Å². The Morgan fingerprint density at radius 3 is 2.79 bits per heavy atom. The molecule has 0 unspecified atom stereocenters. The van der Waals surface area contributed by atoms with E-state index in [-0.39, 0.29) is 6.03 Å². The third kappa shape index (κ3) is 4.14. The van der Waals surface area contributed by atoms with Crippen molar-refractivity contribution in [2.45, 2.75) is 6.54 Å². The largest absolute Gasteiger partial charge is 0.497 e. The topological polar surface area (TPSA) is 68.2 Å². The summed E-state index contributed by atoms with van der Waals surface area (Å²) in [4.78, 5) is 13.0. The van der Waals surface area contributed by atoms with Crippen LogP contribution in [0.5, 0.6) is 5.75 Å². The van der Waals surface area contributed by atoms with Crippen molar-refractivity contribution < 1.29 is 9.53 Å². The maximum absolute atomic E-state index is 11.9. The molecule has 2 heterocycles. The van der Waals surface area contributed by atoms with Gasteiger partial charge >= 0.3 is 6.03 Å². The van der Waals surface area contributed by atoms with Crippen LogP contribution in [0.3, 0.4) is 0 Å². The van der Waals surface area contributed by atoms with Gasteiger partial charge in [0.2, 0.25) is 0 Å². The van der Waals surface area contributed by atoms with Crippen LogP contribution in [0.15, 0.2) is 54.0 Å². The molecule has 2 N–H and O–H groups in total. The van der Waals surface area contributed by atoms with Crippen LogP contribution in [0.4, 0.5) is 10.5 Å². The fraction of sp³-hybridized carbons (Fsp3) is 0.176. The number of nitrogens with zero attached hydrogens (tertiary/aromatic N) is 2. The average Bonchev–Trinajstić information content (AvgIpc) is 3.27. The van der Waals surface area contributed by atoms with Gasteiger partial charge in [0.1, 0.15) is 11.4 Å². The summed E-state index contributed by atoms with van der Waals surface area (Å²) in [6.07, 6.45) is 1.91. The molecule has 1 aromatic carbocycles. The highest BCUT2D eigenvalue weighted by Crippen LogP contribution is 2.22. The van der Waals surface area contributed by atoms with Crippen molar-refractivity contribution in [2.24, 2.45) is 0 Å². The molecule has 0 spiro atoms. The van der Waals surface area contributed by atoms with Crippen molar-refractivity contribution in [1.29, 1.82) is 0 Å². The Hall–Kier alpha value is -2.80. The first-order valence-electron chi connectivity index (χ1n) is 7.51. The summed E-state index contributed by atoms with van der Waals surface area (Å²) >= 11 is 1.66. The lowest BCUT2D eigenvalue weighted by Crippen LogP contribution is -2.31. The number of amides is 2. The monoisotopic (exact) mass is 342 g/mol. The molecule has 0 aliphatic heterocycles. The molecule has 0 fully saturated rings. The van der Waals surface area contributed by atoms with Gasteiger partial charge in [-0.3, -0.25) is 4.68 Å². The molecule has 0 bridgehead atoms. The van der Waals surface area contributed by atoms with Crippen LogP contribution in [0, 0.1) is 0 Å². The number of anilines is 1. The molecule has 3 rings (SSSR count). The van der Waals surface area contributed by atoms with E-state index >= 15 is 0 Å². The molecular weight excluding hydrogens is 324 g/mol. The van der Waals surface area contributed by atoms with Crippen molar-refractivity contribution in [1.82, 2.24) is 15.1 Å². The molecule has 2 aromatic heterocycles. The fourth-order valence-electron chi connectivity index (χ4n) is 2.18. The van der Waals surface area contributed by atoms with E-state index in [0.717, 1.165) is 16.3 Å². The molecule has 0 aliphatic carbocycles. The second-order valence-electron chi connectivity index (χ2n) is 5.05. The number of hydrogen-bond donors (Lipinski definition) is 2. The first kappa shape index (κ1) is 16.1. The quantitative estimate of drug-likeness (QED) is 0.721. The number of nitrogens with one attached hydrogen (secondary N) is 2. The van der Waals surface area contributed by atoms with Gasteiger partial charge in [-0.15, -0.1) is 11.3 Å². The lowest BCUT2D eigenvalue weighted by Gasteiger charge is -2.08. The number of thiophene rings is 1. The summed E-state index contributed by atoms with van der Waals surface area (Å²) < 4.78 is 6.90. The standard InChI is InChI=1S/C17H18N4O2S/c1-23-14-6-4-13(5-7-14)19-17(22)18-9-11-21-10-8-15(20-21)16-3-2-12-24-16/h2-8,10,12H,9,11H2,1H3,(H2,18,19,22). The first-order valence-corrected chi connectivity index (χ1v) is 8.39. The fourth-order valence-corrected chi connectivity index (χ4v) is 2.87. The Bertz CT molecular complexity index is 781. The first-order chi connectivity index (χ1) is 11.7. The maximum Gasteiger partial charge on any atom is 0.319 e. The third-order valence-corrected chi connectivity index (χ3v) is 4.28. The highest BCUT2D eigenvalue weighted by molar-refractivity contribution is 7.13. The molecule has 0 saturated carbocycles. The Kier molecular flexibility index (Phi) is 5.12. The molecule has 3 aromatic rings. The lowest BCUT2D eigenvalue weighted by atomic mass is 10.3. The normalized spacial score (nSPS) is 10.4. The van der Waals surface area contributed by atoms with Gasteiger partial charge in [-0.05, 0) is 41.8 Å². The number of hydrogen-bond acceptors (Lipinski definition) is 4. The van der Waals surface area contributed by atoms with Crippen molar-refractivity contribution in [3.63, 3.8) is 0 Å². The van der Waals surface area contributed by atoms with E-state index in [1.807, 2.05) is 34.5 Å². The van der Waals surface area contributed by atoms with Gasteiger partial charge in [-0.2, -0.15) is 5.10 Å². The van der Waals surface area contributed by atoms with Crippen LogP contribution in [0.2, 0.25) is 0 Å². The van der Waals surface area contributed by atoms with Crippen molar-refractivity contribution in [2.75, 3.05) is 19.0 Å². The van der Waals surface area contributed by atoms with E-state index in [1.165, 1.54) is 0 Å². The van der Waals surface area contributed by atoms with Crippen molar-refractivity contribution in [3.8, 4) is 16.3 Å². The van der Waals surface area contributed by atoms with Crippen LogP contribution in [-0.4, -0.2) is 29.5 Å². The zero-order chi connectivity index (χ0) is 16.8. The van der Waals surface area contributed by atoms with Crippen molar-refractivity contribution >= 4 is 23.1 Å². The Labute approximate surface area is 144 Å². The zero-order valence-electron chi connectivity index (χ0n) is 13.2. The minimum atomic E-state index is -0.245. The minimum absolute atomic E-state index is 0.245. The Morgan fingerprint density at radius 2 is 2.08 bits per heavy atom. The highest BCUT2D eigenvalue weighted by Gasteiger charge is 2.04. The van der Waals surface area contributed by atoms with E-state index in [4.69, 9.17) is 4.74 Å². The number of ether oxygens (including phenoxy) is 1. The summed E-state index contributed by atoms with van der Waals surface area (Å²) in [6, 6.07) is 13.0. The summed E-state index contributed by atoms with van der Waals surface area (Å²) in [5.41, 5.74) is 1.67. The summed E-state index contributed by atoms with van der Waals surface area (Å²) in [5.74, 6) is 0.751. The van der Waals surface area contributed by atoms with E-state index < -0.39 is 0 Å². The summed E-state index contributed by atoms with van der Waals surface area (Å²) in [5, 5.41) is 12.1. The molecule has 6 nitrogen and oxygen atoms in total. The van der Waals surface area contributed by atoms with Gasteiger partial charge in [0.25, 0.3) is 0 Å². The van der Waals surface area contributed by atoms with E-state index in [0.29, 0.717) is 18.8 Å². The van der Waals surface area contributed by atoms with Gasteiger partial charge in [0.05, 0.1) is 18.5 Å². The molecule has 0 atom stereocenters. The maximum atomic E-state index is 11.9. The van der Waals surface area contributed by atoms with Crippen molar-refractivity contribution in [3.05, 3.63) is 54.0 Å². The molecular formula is C17H18N4O2S.